The van der Waals surface area contributed by atoms with Gasteiger partial charge in [0.15, 0.2) is 0 Å². The Balaban J connectivity index is 2.18. The first-order valence-corrected chi connectivity index (χ1v) is 7.26. The highest BCUT2D eigenvalue weighted by Crippen LogP contribution is 2.30. The molecule has 0 spiro atoms. The summed E-state index contributed by atoms with van der Waals surface area (Å²) in [5.74, 6) is 1.58. The third-order valence-electron chi connectivity index (χ3n) is 4.03. The van der Waals surface area contributed by atoms with Crippen molar-refractivity contribution in [1.82, 2.24) is 0 Å². The van der Waals surface area contributed by atoms with Gasteiger partial charge in [-0.25, -0.2) is 0 Å². The third-order valence-corrected chi connectivity index (χ3v) is 4.03. The van der Waals surface area contributed by atoms with E-state index in [-0.39, 0.29) is 0 Å². The summed E-state index contributed by atoms with van der Waals surface area (Å²) >= 11 is 0. The second kappa shape index (κ2) is 6.60. The Hall–Kier alpha value is -1.51. The number of fused-ring (bicyclic) bond motifs is 1. The van der Waals surface area contributed by atoms with Crippen LogP contribution in [0.25, 0.3) is 0 Å². The molecule has 0 saturated carbocycles. The second-order valence-corrected chi connectivity index (χ2v) is 5.18. The average Bonchev–Trinajstić information content (AvgIpc) is 2.47. The number of hydrogen-bond donors (Lipinski definition) is 1. The van der Waals surface area contributed by atoms with Crippen LogP contribution >= 0.6 is 0 Å². The third kappa shape index (κ3) is 3.09. The van der Waals surface area contributed by atoms with Gasteiger partial charge in [0, 0.05) is 11.1 Å². The lowest BCUT2D eigenvalue weighted by atomic mass is 9.89. The quantitative estimate of drug-likeness (QED) is 0.642. The molecule has 0 radical (unpaired) electrons. The minimum atomic E-state index is 0.616. The fourth-order valence-electron chi connectivity index (χ4n) is 2.63. The normalized spacial score (nSPS) is 16.7. The fraction of sp³-hybridized carbons (Fsp3) is 0.562. The summed E-state index contributed by atoms with van der Waals surface area (Å²) < 4.78 is 6.00. The molecule has 0 heterocycles. The van der Waals surface area contributed by atoms with Crippen molar-refractivity contribution in [2.24, 2.45) is 11.1 Å². The van der Waals surface area contributed by atoms with Gasteiger partial charge in [-0.3, -0.25) is 0 Å². The molecule has 0 atom stereocenters. The zero-order chi connectivity index (χ0) is 13.7. The number of hydrogen-bond acceptors (Lipinski definition) is 3. The molecule has 0 fully saturated rings. The standard InChI is InChI=1S/C16H23NO2/c1-3-12(4-2)11-19-16-10-6-7-13-14(16)8-5-9-15(13)17-18/h6-7,10,12,18H,3-5,8-9,11H2,1-2H3/b17-15+. The van der Waals surface area contributed by atoms with Crippen molar-refractivity contribution in [3.8, 4) is 5.75 Å². The summed E-state index contributed by atoms with van der Waals surface area (Å²) in [6, 6.07) is 6.03. The first-order valence-electron chi connectivity index (χ1n) is 7.26. The van der Waals surface area contributed by atoms with Crippen LogP contribution in [-0.4, -0.2) is 17.5 Å². The summed E-state index contributed by atoms with van der Waals surface area (Å²) in [6.45, 7) is 5.18. The summed E-state index contributed by atoms with van der Waals surface area (Å²) in [6.07, 6.45) is 5.18. The Morgan fingerprint density at radius 1 is 1.26 bits per heavy atom. The zero-order valence-electron chi connectivity index (χ0n) is 11.9. The van der Waals surface area contributed by atoms with E-state index >= 15 is 0 Å². The highest BCUT2D eigenvalue weighted by molar-refractivity contribution is 6.02. The Morgan fingerprint density at radius 2 is 2.05 bits per heavy atom. The van der Waals surface area contributed by atoms with Crippen LogP contribution in [0, 0.1) is 5.92 Å². The van der Waals surface area contributed by atoms with Crippen LogP contribution in [0.2, 0.25) is 0 Å². The summed E-state index contributed by atoms with van der Waals surface area (Å²) in [5, 5.41) is 12.5. The van der Waals surface area contributed by atoms with Crippen molar-refractivity contribution < 1.29 is 9.94 Å². The number of nitrogens with zero attached hydrogens (tertiary/aromatic N) is 1. The van der Waals surface area contributed by atoms with Gasteiger partial charge in [-0.1, -0.05) is 44.0 Å². The number of benzene rings is 1. The number of ether oxygens (including phenoxy) is 1. The molecule has 1 aliphatic rings. The van der Waals surface area contributed by atoms with Crippen molar-refractivity contribution in [3.63, 3.8) is 0 Å². The maximum absolute atomic E-state index is 9.07. The van der Waals surface area contributed by atoms with E-state index in [2.05, 4.69) is 19.0 Å². The Kier molecular flexibility index (Phi) is 4.83. The Morgan fingerprint density at radius 3 is 2.74 bits per heavy atom. The molecule has 0 unspecified atom stereocenters. The van der Waals surface area contributed by atoms with Gasteiger partial charge < -0.3 is 9.94 Å². The van der Waals surface area contributed by atoms with Gasteiger partial charge in [-0.05, 0) is 31.2 Å². The SMILES string of the molecule is CCC(CC)COc1cccc2c1CCC/C2=N\O. The van der Waals surface area contributed by atoms with Crippen LogP contribution in [0.1, 0.15) is 50.7 Å². The molecule has 3 heteroatoms. The average molecular weight is 261 g/mol. The van der Waals surface area contributed by atoms with Crippen molar-refractivity contribution in [3.05, 3.63) is 29.3 Å². The van der Waals surface area contributed by atoms with E-state index in [1.807, 2.05) is 18.2 Å². The van der Waals surface area contributed by atoms with Crippen LogP contribution in [0.4, 0.5) is 0 Å². The molecule has 1 aliphatic carbocycles. The van der Waals surface area contributed by atoms with E-state index in [1.165, 1.54) is 5.56 Å². The van der Waals surface area contributed by atoms with Crippen molar-refractivity contribution in [2.75, 3.05) is 6.61 Å². The van der Waals surface area contributed by atoms with Gasteiger partial charge in [0.1, 0.15) is 5.75 Å². The first kappa shape index (κ1) is 13.9. The summed E-state index contributed by atoms with van der Waals surface area (Å²) in [4.78, 5) is 0. The molecule has 0 aliphatic heterocycles. The maximum atomic E-state index is 9.07. The van der Waals surface area contributed by atoms with E-state index < -0.39 is 0 Å². The molecule has 0 amide bonds. The first-order chi connectivity index (χ1) is 9.30. The predicted octanol–water partition coefficient (Wildman–Crippen LogP) is 4.02. The highest BCUT2D eigenvalue weighted by Gasteiger charge is 2.19. The lowest BCUT2D eigenvalue weighted by Crippen LogP contribution is -2.16. The largest absolute Gasteiger partial charge is 0.493 e. The Bertz CT molecular complexity index is 450. The molecule has 104 valence electrons. The predicted molar refractivity (Wildman–Crippen MR) is 77.3 cm³/mol. The van der Waals surface area contributed by atoms with E-state index in [9.17, 15) is 0 Å². The molecule has 2 rings (SSSR count). The molecule has 1 aromatic carbocycles. The van der Waals surface area contributed by atoms with Crippen molar-refractivity contribution in [1.29, 1.82) is 0 Å². The van der Waals surface area contributed by atoms with E-state index in [0.717, 1.165) is 55.7 Å². The maximum Gasteiger partial charge on any atom is 0.123 e. The molecule has 19 heavy (non-hydrogen) atoms. The van der Waals surface area contributed by atoms with Gasteiger partial charge in [0.25, 0.3) is 0 Å². The molecule has 3 nitrogen and oxygen atoms in total. The van der Waals surface area contributed by atoms with E-state index in [1.54, 1.807) is 0 Å². The minimum Gasteiger partial charge on any atom is -0.493 e. The zero-order valence-corrected chi connectivity index (χ0v) is 11.9. The van der Waals surface area contributed by atoms with E-state index in [0.29, 0.717) is 5.92 Å². The van der Waals surface area contributed by atoms with Crippen molar-refractivity contribution >= 4 is 5.71 Å². The van der Waals surface area contributed by atoms with Gasteiger partial charge in [-0.2, -0.15) is 0 Å². The smallest absolute Gasteiger partial charge is 0.123 e. The van der Waals surface area contributed by atoms with Crippen LogP contribution in [0.15, 0.2) is 23.4 Å². The second-order valence-electron chi connectivity index (χ2n) is 5.18. The molecular formula is C16H23NO2. The van der Waals surface area contributed by atoms with Crippen LogP contribution in [0.5, 0.6) is 5.75 Å². The monoisotopic (exact) mass is 261 g/mol. The molecule has 0 saturated heterocycles. The minimum absolute atomic E-state index is 0.616. The summed E-state index contributed by atoms with van der Waals surface area (Å²) in [5.41, 5.74) is 3.04. The lowest BCUT2D eigenvalue weighted by Gasteiger charge is -2.21. The lowest BCUT2D eigenvalue weighted by molar-refractivity contribution is 0.238. The Labute approximate surface area is 115 Å². The fourth-order valence-corrected chi connectivity index (χ4v) is 2.63. The number of rotatable bonds is 5. The summed E-state index contributed by atoms with van der Waals surface area (Å²) in [7, 11) is 0. The molecule has 1 N–H and O–H groups in total. The molecule has 0 aromatic heterocycles. The van der Waals surface area contributed by atoms with Crippen LogP contribution in [0.3, 0.4) is 0 Å². The topological polar surface area (TPSA) is 41.8 Å². The van der Waals surface area contributed by atoms with E-state index in [4.69, 9.17) is 9.94 Å². The number of oxime groups is 1. The van der Waals surface area contributed by atoms with Crippen LogP contribution < -0.4 is 4.74 Å². The van der Waals surface area contributed by atoms with Gasteiger partial charge in [0.2, 0.25) is 0 Å². The molecular weight excluding hydrogens is 238 g/mol. The molecule has 1 aromatic rings. The van der Waals surface area contributed by atoms with Gasteiger partial charge in [-0.15, -0.1) is 0 Å². The van der Waals surface area contributed by atoms with Crippen LogP contribution in [-0.2, 0) is 6.42 Å². The van der Waals surface area contributed by atoms with Gasteiger partial charge >= 0.3 is 0 Å². The highest BCUT2D eigenvalue weighted by atomic mass is 16.5. The van der Waals surface area contributed by atoms with Gasteiger partial charge in [0.05, 0.1) is 12.3 Å². The van der Waals surface area contributed by atoms with Crippen molar-refractivity contribution in [2.45, 2.75) is 46.0 Å². The molecule has 0 bridgehead atoms.